The van der Waals surface area contributed by atoms with Gasteiger partial charge in [-0.1, -0.05) is 25.1 Å². The van der Waals surface area contributed by atoms with E-state index in [0.717, 1.165) is 5.75 Å². The largest absolute Gasteiger partial charge is 0.497 e. The number of pyridine rings is 1. The number of para-hydroxylation sites is 1. The van der Waals surface area contributed by atoms with E-state index in [2.05, 4.69) is 4.98 Å². The third-order valence-electron chi connectivity index (χ3n) is 3.19. The van der Waals surface area contributed by atoms with Gasteiger partial charge in [-0.25, -0.2) is 4.98 Å². The van der Waals surface area contributed by atoms with Crippen molar-refractivity contribution in [1.29, 1.82) is 5.26 Å². The van der Waals surface area contributed by atoms with Crippen molar-refractivity contribution in [2.24, 2.45) is 0 Å². The van der Waals surface area contributed by atoms with Crippen LogP contribution in [0, 0.1) is 21.4 Å². The molecule has 0 radical (unpaired) electrons. The van der Waals surface area contributed by atoms with Gasteiger partial charge in [0.25, 0.3) is 5.69 Å². The zero-order valence-corrected chi connectivity index (χ0v) is 13.9. The summed E-state index contributed by atoms with van der Waals surface area (Å²) < 4.78 is 9.80. The fourth-order valence-corrected chi connectivity index (χ4v) is 2.02. The number of ether oxygens (including phenoxy) is 2. The molecule has 2 rings (SSSR count). The van der Waals surface area contributed by atoms with Gasteiger partial charge in [0.2, 0.25) is 5.88 Å². The highest BCUT2D eigenvalue weighted by Gasteiger charge is 2.17. The van der Waals surface area contributed by atoms with Crippen LogP contribution in [-0.4, -0.2) is 24.1 Å². The van der Waals surface area contributed by atoms with Crippen molar-refractivity contribution in [2.75, 3.05) is 14.2 Å². The predicted octanol–water partition coefficient (Wildman–Crippen LogP) is 3.32. The number of hydrogen-bond donors (Lipinski definition) is 0. The van der Waals surface area contributed by atoms with Gasteiger partial charge in [0.15, 0.2) is 0 Å². The summed E-state index contributed by atoms with van der Waals surface area (Å²) in [5.41, 5.74) is 1.27. The van der Waals surface area contributed by atoms with E-state index in [1.165, 1.54) is 0 Å². The first-order valence-electron chi connectivity index (χ1n) is 7.23. The molecule has 2 aromatic rings. The van der Waals surface area contributed by atoms with Crippen molar-refractivity contribution in [3.05, 3.63) is 57.8 Å². The quantitative estimate of drug-likeness (QED) is 0.616. The smallest absolute Gasteiger partial charge is 0.276 e. The molecule has 0 aliphatic carbocycles. The van der Waals surface area contributed by atoms with Crippen LogP contribution >= 0.6 is 0 Å². The lowest BCUT2D eigenvalue weighted by atomic mass is 10.0. The molecule has 0 saturated heterocycles. The van der Waals surface area contributed by atoms with Crippen LogP contribution < -0.4 is 9.47 Å². The first kappa shape index (κ1) is 18.9. The van der Waals surface area contributed by atoms with E-state index in [-0.39, 0.29) is 12.1 Å². The van der Waals surface area contributed by atoms with Crippen molar-refractivity contribution in [3.63, 3.8) is 0 Å². The first-order valence-corrected chi connectivity index (χ1v) is 7.23. The molecule has 0 bridgehead atoms. The third kappa shape index (κ3) is 5.25. The number of aryl methyl sites for hydroxylation is 1. The monoisotopic (exact) mass is 329 g/mol. The van der Waals surface area contributed by atoms with Gasteiger partial charge in [0.1, 0.15) is 5.75 Å². The lowest BCUT2D eigenvalue weighted by Gasteiger charge is -2.02. The van der Waals surface area contributed by atoms with Gasteiger partial charge in [-0.2, -0.15) is 5.26 Å². The van der Waals surface area contributed by atoms with Gasteiger partial charge >= 0.3 is 0 Å². The number of methoxy groups -OCH3 is 2. The van der Waals surface area contributed by atoms with Crippen molar-refractivity contribution >= 4 is 5.69 Å². The molecular weight excluding hydrogens is 310 g/mol. The van der Waals surface area contributed by atoms with Crippen LogP contribution in [0.2, 0.25) is 0 Å². The van der Waals surface area contributed by atoms with E-state index in [1.54, 1.807) is 50.7 Å². The Hall–Kier alpha value is -3.14. The fourth-order valence-electron chi connectivity index (χ4n) is 2.02. The van der Waals surface area contributed by atoms with Gasteiger partial charge in [-0.15, -0.1) is 0 Å². The van der Waals surface area contributed by atoms with Crippen molar-refractivity contribution < 1.29 is 14.4 Å². The van der Waals surface area contributed by atoms with Crippen LogP contribution in [-0.2, 0) is 12.8 Å². The number of nitro groups is 1. The van der Waals surface area contributed by atoms with Crippen LogP contribution in [0.3, 0.4) is 0 Å². The number of nitriles is 1. The fraction of sp³-hybridized carbons (Fsp3) is 0.294. The molecule has 1 aromatic heterocycles. The van der Waals surface area contributed by atoms with Gasteiger partial charge in [0, 0.05) is 23.4 Å². The molecule has 24 heavy (non-hydrogen) atoms. The number of nitro benzene ring substituents is 1. The lowest BCUT2D eigenvalue weighted by molar-refractivity contribution is -0.386. The highest BCUT2D eigenvalue weighted by molar-refractivity contribution is 5.48. The Labute approximate surface area is 140 Å². The highest BCUT2D eigenvalue weighted by Crippen LogP contribution is 2.24. The van der Waals surface area contributed by atoms with Gasteiger partial charge in [-0.3, -0.25) is 10.1 Å². The molecule has 126 valence electrons. The standard InChI is InChI=1S/C10H10N2O2.C7H9NO2/c1-2-8-4-3-5-9(6-7-11)10(8)12(13)14;1-9-6-3-4-8-7(5-6)10-2/h3-5H,2,6H2,1H3;3-5H,1-2H3. The van der Waals surface area contributed by atoms with Crippen molar-refractivity contribution in [2.45, 2.75) is 19.8 Å². The summed E-state index contributed by atoms with van der Waals surface area (Å²) in [5.74, 6) is 1.33. The molecule has 0 aliphatic heterocycles. The molecule has 0 saturated carbocycles. The number of nitrogens with zero attached hydrogens (tertiary/aromatic N) is 3. The van der Waals surface area contributed by atoms with Gasteiger partial charge in [0.05, 0.1) is 31.6 Å². The van der Waals surface area contributed by atoms with E-state index in [0.29, 0.717) is 23.4 Å². The van der Waals surface area contributed by atoms with Gasteiger partial charge in [-0.05, 0) is 12.5 Å². The minimum atomic E-state index is -0.411. The minimum absolute atomic E-state index is 0.0875. The van der Waals surface area contributed by atoms with E-state index in [9.17, 15) is 10.1 Å². The van der Waals surface area contributed by atoms with E-state index in [1.807, 2.05) is 13.0 Å². The molecule has 7 heteroatoms. The first-order chi connectivity index (χ1) is 11.6. The van der Waals surface area contributed by atoms with Crippen molar-refractivity contribution in [1.82, 2.24) is 4.98 Å². The molecule has 0 aliphatic rings. The average molecular weight is 329 g/mol. The topological polar surface area (TPSA) is 98.3 Å². The maximum absolute atomic E-state index is 10.8. The van der Waals surface area contributed by atoms with E-state index < -0.39 is 4.92 Å². The molecule has 0 amide bonds. The maximum Gasteiger partial charge on any atom is 0.276 e. The summed E-state index contributed by atoms with van der Waals surface area (Å²) in [6.45, 7) is 1.86. The van der Waals surface area contributed by atoms with Crippen LogP contribution in [0.1, 0.15) is 18.1 Å². The second-order valence-corrected chi connectivity index (χ2v) is 4.61. The van der Waals surface area contributed by atoms with E-state index in [4.69, 9.17) is 14.7 Å². The number of benzene rings is 1. The molecule has 7 nitrogen and oxygen atoms in total. The lowest BCUT2D eigenvalue weighted by Crippen LogP contribution is -1.99. The predicted molar refractivity (Wildman–Crippen MR) is 89.1 cm³/mol. The van der Waals surface area contributed by atoms with E-state index >= 15 is 0 Å². The Kier molecular flexibility index (Phi) is 7.71. The zero-order chi connectivity index (χ0) is 17.9. The van der Waals surface area contributed by atoms with Gasteiger partial charge < -0.3 is 9.47 Å². The second kappa shape index (κ2) is 9.79. The summed E-state index contributed by atoms with van der Waals surface area (Å²) >= 11 is 0. The second-order valence-electron chi connectivity index (χ2n) is 4.61. The molecule has 0 unspecified atom stereocenters. The Morgan fingerprint density at radius 2 is 1.96 bits per heavy atom. The van der Waals surface area contributed by atoms with Crippen molar-refractivity contribution in [3.8, 4) is 17.7 Å². The number of aromatic nitrogens is 1. The normalized spacial score (nSPS) is 9.25. The Morgan fingerprint density at radius 1 is 1.25 bits per heavy atom. The Morgan fingerprint density at radius 3 is 2.50 bits per heavy atom. The molecule has 0 N–H and O–H groups in total. The molecule has 0 fully saturated rings. The SMILES string of the molecule is CCc1cccc(CC#N)c1[N+](=O)[O-].COc1ccnc(OC)c1. The summed E-state index contributed by atoms with van der Waals surface area (Å²) in [7, 11) is 3.18. The number of rotatable bonds is 5. The van der Waals surface area contributed by atoms with Crippen LogP contribution in [0.25, 0.3) is 0 Å². The summed E-state index contributed by atoms with van der Waals surface area (Å²) in [4.78, 5) is 14.3. The van der Waals surface area contributed by atoms with Crippen LogP contribution in [0.5, 0.6) is 11.6 Å². The summed E-state index contributed by atoms with van der Waals surface area (Å²) in [6.07, 6.45) is 2.33. The minimum Gasteiger partial charge on any atom is -0.497 e. The zero-order valence-electron chi connectivity index (χ0n) is 13.9. The molecule has 1 aromatic carbocycles. The molecule has 0 spiro atoms. The summed E-state index contributed by atoms with van der Waals surface area (Å²) in [6, 6.07) is 10.5. The molecule has 1 heterocycles. The van der Waals surface area contributed by atoms with Crippen LogP contribution in [0.15, 0.2) is 36.5 Å². The Balaban J connectivity index is 0.000000254. The number of hydrogen-bond acceptors (Lipinski definition) is 6. The summed E-state index contributed by atoms with van der Waals surface area (Å²) in [5, 5.41) is 19.3. The third-order valence-corrected chi connectivity index (χ3v) is 3.19. The molecular formula is C17H19N3O4. The Bertz CT molecular complexity index is 707. The van der Waals surface area contributed by atoms with Crippen LogP contribution in [0.4, 0.5) is 5.69 Å². The maximum atomic E-state index is 10.8. The molecule has 0 atom stereocenters. The average Bonchev–Trinajstić information content (AvgIpc) is 2.62. The highest BCUT2D eigenvalue weighted by atomic mass is 16.6.